The molecular formula is C10H16ClN3O. The average molecular weight is 230 g/mol. The summed E-state index contributed by atoms with van der Waals surface area (Å²) in [7, 11) is 1.93. The first-order valence-corrected chi connectivity index (χ1v) is 5.47. The summed E-state index contributed by atoms with van der Waals surface area (Å²) in [6.07, 6.45) is 3.98. The van der Waals surface area contributed by atoms with Gasteiger partial charge < -0.3 is 9.64 Å². The number of hydrogen-bond donors (Lipinski definition) is 1. The molecule has 2 rings (SSSR count). The Kier molecular flexibility index (Phi) is 3.07. The molecule has 0 bridgehead atoms. The molecule has 2 heterocycles. The molecule has 1 saturated heterocycles. The van der Waals surface area contributed by atoms with E-state index in [9.17, 15) is 0 Å². The molecular weight excluding hydrogens is 214 g/mol. The first kappa shape index (κ1) is 10.6. The van der Waals surface area contributed by atoms with Crippen molar-refractivity contribution in [2.75, 3.05) is 26.8 Å². The SMILES string of the molecule is C[C@@H]1COCCN1C1=CN(C)NC(Cl)=C1. The van der Waals surface area contributed by atoms with Gasteiger partial charge in [0, 0.05) is 25.8 Å². The van der Waals surface area contributed by atoms with Crippen molar-refractivity contribution in [3.8, 4) is 0 Å². The smallest absolute Gasteiger partial charge is 0.123 e. The van der Waals surface area contributed by atoms with Gasteiger partial charge in [0.25, 0.3) is 0 Å². The van der Waals surface area contributed by atoms with E-state index in [-0.39, 0.29) is 0 Å². The number of hydrogen-bond acceptors (Lipinski definition) is 4. The van der Waals surface area contributed by atoms with Crippen LogP contribution in [-0.4, -0.2) is 42.8 Å². The van der Waals surface area contributed by atoms with E-state index in [4.69, 9.17) is 16.3 Å². The molecule has 0 unspecified atom stereocenters. The van der Waals surface area contributed by atoms with Gasteiger partial charge in [0.1, 0.15) is 5.16 Å². The molecule has 0 aromatic heterocycles. The van der Waals surface area contributed by atoms with E-state index >= 15 is 0 Å². The van der Waals surface area contributed by atoms with Crippen molar-refractivity contribution in [3.05, 3.63) is 23.1 Å². The summed E-state index contributed by atoms with van der Waals surface area (Å²) in [5.41, 5.74) is 4.12. The molecule has 0 aromatic rings. The van der Waals surface area contributed by atoms with Crippen molar-refractivity contribution in [1.82, 2.24) is 15.3 Å². The molecule has 15 heavy (non-hydrogen) atoms. The van der Waals surface area contributed by atoms with Crippen LogP contribution in [0.3, 0.4) is 0 Å². The normalized spacial score (nSPS) is 27.0. The topological polar surface area (TPSA) is 27.7 Å². The van der Waals surface area contributed by atoms with Gasteiger partial charge in [0.15, 0.2) is 0 Å². The Labute approximate surface area is 95.1 Å². The molecule has 1 atom stereocenters. The van der Waals surface area contributed by atoms with Crippen LogP contribution in [-0.2, 0) is 4.74 Å². The number of allylic oxidation sites excluding steroid dienone is 1. The van der Waals surface area contributed by atoms with E-state index in [2.05, 4.69) is 17.2 Å². The van der Waals surface area contributed by atoms with Gasteiger partial charge in [-0.05, 0) is 13.0 Å². The van der Waals surface area contributed by atoms with E-state index in [1.807, 2.05) is 24.3 Å². The summed E-state index contributed by atoms with van der Waals surface area (Å²) in [6, 6.07) is 0.400. The summed E-state index contributed by atoms with van der Waals surface area (Å²) in [5, 5.41) is 2.51. The Morgan fingerprint density at radius 3 is 3.07 bits per heavy atom. The highest BCUT2D eigenvalue weighted by molar-refractivity contribution is 6.29. The molecule has 4 nitrogen and oxygen atoms in total. The second kappa shape index (κ2) is 4.33. The molecule has 2 aliphatic rings. The molecule has 0 aromatic carbocycles. The Morgan fingerprint density at radius 1 is 1.60 bits per heavy atom. The van der Waals surface area contributed by atoms with Crippen molar-refractivity contribution in [2.24, 2.45) is 0 Å². The molecule has 84 valence electrons. The van der Waals surface area contributed by atoms with Gasteiger partial charge in [-0.1, -0.05) is 11.6 Å². The summed E-state index contributed by atoms with van der Waals surface area (Å²) in [5.74, 6) is 0. The van der Waals surface area contributed by atoms with E-state index < -0.39 is 0 Å². The summed E-state index contributed by atoms with van der Waals surface area (Å²) >= 11 is 5.98. The predicted octanol–water partition coefficient (Wildman–Crippen LogP) is 1.08. The molecule has 0 radical (unpaired) electrons. The van der Waals surface area contributed by atoms with E-state index in [0.29, 0.717) is 11.2 Å². The Morgan fingerprint density at radius 2 is 2.40 bits per heavy atom. The number of halogens is 1. The number of morpholine rings is 1. The Balaban J connectivity index is 2.14. The van der Waals surface area contributed by atoms with Crippen LogP contribution in [0, 0.1) is 0 Å². The lowest BCUT2D eigenvalue weighted by Crippen LogP contribution is -2.44. The highest BCUT2D eigenvalue weighted by Gasteiger charge is 2.22. The van der Waals surface area contributed by atoms with Crippen LogP contribution >= 0.6 is 11.6 Å². The van der Waals surface area contributed by atoms with Crippen molar-refractivity contribution >= 4 is 11.6 Å². The van der Waals surface area contributed by atoms with Gasteiger partial charge in [0.2, 0.25) is 0 Å². The van der Waals surface area contributed by atoms with Crippen LogP contribution in [0.5, 0.6) is 0 Å². The van der Waals surface area contributed by atoms with Crippen molar-refractivity contribution in [2.45, 2.75) is 13.0 Å². The standard InChI is InChI=1S/C10H16ClN3O/c1-8-7-15-4-3-14(8)9-5-10(11)12-13(2)6-9/h5-6,8,12H,3-4,7H2,1-2H3/t8-/m1/s1. The number of nitrogens with zero attached hydrogens (tertiary/aromatic N) is 2. The lowest BCUT2D eigenvalue weighted by molar-refractivity contribution is 0.0175. The third-order valence-electron chi connectivity index (χ3n) is 2.58. The van der Waals surface area contributed by atoms with Gasteiger partial charge in [-0.2, -0.15) is 0 Å². The van der Waals surface area contributed by atoms with Gasteiger partial charge >= 0.3 is 0 Å². The van der Waals surface area contributed by atoms with Gasteiger partial charge in [-0.3, -0.25) is 10.4 Å². The average Bonchev–Trinajstić information content (AvgIpc) is 2.16. The minimum absolute atomic E-state index is 0.400. The largest absolute Gasteiger partial charge is 0.377 e. The van der Waals surface area contributed by atoms with Crippen LogP contribution in [0.15, 0.2) is 23.1 Å². The minimum atomic E-state index is 0.400. The fourth-order valence-corrected chi connectivity index (χ4v) is 2.11. The predicted molar refractivity (Wildman–Crippen MR) is 59.9 cm³/mol. The van der Waals surface area contributed by atoms with Crippen LogP contribution in [0.1, 0.15) is 6.92 Å². The Bertz CT molecular complexity index is 303. The third kappa shape index (κ3) is 2.38. The molecule has 5 heteroatoms. The molecule has 0 saturated carbocycles. The number of ether oxygens (including phenoxy) is 1. The Hall–Kier alpha value is -0.870. The molecule has 1 fully saturated rings. The van der Waals surface area contributed by atoms with Gasteiger partial charge in [-0.25, -0.2) is 0 Å². The lowest BCUT2D eigenvalue weighted by atomic mass is 10.2. The molecule has 2 aliphatic heterocycles. The maximum atomic E-state index is 5.98. The number of rotatable bonds is 1. The maximum Gasteiger partial charge on any atom is 0.123 e. The monoisotopic (exact) mass is 229 g/mol. The van der Waals surface area contributed by atoms with Crippen LogP contribution in [0.2, 0.25) is 0 Å². The van der Waals surface area contributed by atoms with Crippen LogP contribution in [0.25, 0.3) is 0 Å². The molecule has 1 N–H and O–H groups in total. The zero-order valence-electron chi connectivity index (χ0n) is 9.03. The fourth-order valence-electron chi connectivity index (χ4n) is 1.87. The first-order valence-electron chi connectivity index (χ1n) is 5.10. The number of hydrazine groups is 1. The van der Waals surface area contributed by atoms with Crippen LogP contribution in [0.4, 0.5) is 0 Å². The van der Waals surface area contributed by atoms with Gasteiger partial charge in [-0.15, -0.1) is 0 Å². The second-order valence-electron chi connectivity index (χ2n) is 3.89. The van der Waals surface area contributed by atoms with E-state index in [1.165, 1.54) is 0 Å². The highest BCUT2D eigenvalue weighted by Crippen LogP contribution is 2.19. The molecule has 0 spiro atoms. The van der Waals surface area contributed by atoms with E-state index in [1.54, 1.807) is 0 Å². The third-order valence-corrected chi connectivity index (χ3v) is 2.78. The summed E-state index contributed by atoms with van der Waals surface area (Å²) in [4.78, 5) is 2.31. The highest BCUT2D eigenvalue weighted by atomic mass is 35.5. The summed E-state index contributed by atoms with van der Waals surface area (Å²) in [6.45, 7) is 4.63. The zero-order chi connectivity index (χ0) is 10.8. The van der Waals surface area contributed by atoms with E-state index in [0.717, 1.165) is 25.5 Å². The second-order valence-corrected chi connectivity index (χ2v) is 4.29. The quantitative estimate of drug-likeness (QED) is 0.681. The van der Waals surface area contributed by atoms with Crippen LogP contribution < -0.4 is 5.43 Å². The van der Waals surface area contributed by atoms with Crippen molar-refractivity contribution in [3.63, 3.8) is 0 Å². The fraction of sp³-hybridized carbons (Fsp3) is 0.600. The minimum Gasteiger partial charge on any atom is -0.377 e. The summed E-state index contributed by atoms with van der Waals surface area (Å²) < 4.78 is 5.40. The zero-order valence-corrected chi connectivity index (χ0v) is 9.79. The number of nitrogens with one attached hydrogen (secondary N) is 1. The lowest BCUT2D eigenvalue weighted by Gasteiger charge is -2.38. The maximum absolute atomic E-state index is 5.98. The molecule has 0 amide bonds. The first-order chi connectivity index (χ1) is 7.16. The van der Waals surface area contributed by atoms with Crippen molar-refractivity contribution < 1.29 is 4.74 Å². The van der Waals surface area contributed by atoms with Gasteiger partial charge in [0.05, 0.1) is 18.9 Å². The molecule has 0 aliphatic carbocycles. The van der Waals surface area contributed by atoms with Crippen molar-refractivity contribution in [1.29, 1.82) is 0 Å².